The van der Waals surface area contributed by atoms with E-state index >= 15 is 0 Å². The van der Waals surface area contributed by atoms with Crippen LogP contribution in [0, 0.1) is 62.3 Å². The van der Waals surface area contributed by atoms with Gasteiger partial charge in [0.15, 0.2) is 11.3 Å². The van der Waals surface area contributed by atoms with E-state index in [1.54, 1.807) is 53.3 Å². The Morgan fingerprint density at radius 1 is 0.494 bits per heavy atom. The molecular weight excluding hydrogens is 1370 g/mol. The van der Waals surface area contributed by atoms with Crippen molar-refractivity contribution in [3.8, 4) is 17.9 Å². The van der Waals surface area contributed by atoms with Crippen molar-refractivity contribution >= 4 is 117 Å². The van der Waals surface area contributed by atoms with E-state index in [1.165, 1.54) is 14.6 Å². The molecule has 10 aromatic heterocycles. The van der Waals surface area contributed by atoms with Crippen molar-refractivity contribution < 1.29 is 50.7 Å². The third kappa shape index (κ3) is 23.1. The molecule has 0 saturated carbocycles. The van der Waals surface area contributed by atoms with E-state index in [0.717, 1.165) is 120 Å². The second-order valence-electron chi connectivity index (χ2n) is 18.8. The van der Waals surface area contributed by atoms with Gasteiger partial charge in [-0.15, -0.1) is 34.0 Å². The molecule has 0 aliphatic heterocycles. The monoisotopic (exact) mass is 1430 g/mol. The van der Waals surface area contributed by atoms with Crippen LogP contribution < -0.4 is 14.2 Å². The zero-order valence-electron chi connectivity index (χ0n) is 49.7. The van der Waals surface area contributed by atoms with Gasteiger partial charge < -0.3 is 19.3 Å². The fourth-order valence-electron chi connectivity index (χ4n) is 8.03. The standard InChI is InChI=1S/C22H22ClN5O2S.C14H18ClN3O2S.C13H16ClN3O2S2.C8H5BrN2.2F2.FH/c1-13-17(7-8-18-14(2)25-15(3)31-18)26-22(28-20(13)23)30-12-11-29-19-9-6-16-5-4-10-24-21(16)27-19;1-8-11(4-5-12-9(2)16-10(3)21-12)17-14(18-13(8)15)20-7-6-19;1-7-10(5-6-11-8(2)15-9(3)20-11)16-13(17-12(7)14)21(4,18)19;9-7-4-3-6-2-1-5-10-8(6)11-7;2*1-2;/h4-6,9-10H,7-8,11-12H2,1-3H3;19H,4-7H2,1-3H3;5-6H2,1-4H3;1-5H;;;1H. The number of aliphatic hydroxyl groups excluding tert-OH is 1. The first kappa shape index (κ1) is 75.0. The van der Waals surface area contributed by atoms with Crippen molar-refractivity contribution in [1.29, 1.82) is 0 Å². The molecule has 0 radical (unpaired) electrons. The lowest BCUT2D eigenvalue weighted by Gasteiger charge is -2.10. The molecule has 0 aliphatic carbocycles. The number of sulfone groups is 1. The highest BCUT2D eigenvalue weighted by molar-refractivity contribution is 9.10. The molecule has 0 spiro atoms. The molecule has 0 bridgehead atoms. The van der Waals surface area contributed by atoms with Crippen LogP contribution in [0.4, 0.5) is 23.0 Å². The predicted octanol–water partition coefficient (Wildman–Crippen LogP) is 14.3. The van der Waals surface area contributed by atoms with Gasteiger partial charge in [-0.1, -0.05) is 34.8 Å². The Balaban J connectivity index is 0.000000259. The highest BCUT2D eigenvalue weighted by Gasteiger charge is 2.19. The summed E-state index contributed by atoms with van der Waals surface area (Å²) in [6, 6.07) is 15.8. The molecule has 89 heavy (non-hydrogen) atoms. The van der Waals surface area contributed by atoms with Crippen LogP contribution in [0.3, 0.4) is 0 Å². The van der Waals surface area contributed by atoms with Crippen molar-refractivity contribution in [3.63, 3.8) is 0 Å². The Morgan fingerprint density at radius 2 is 0.888 bits per heavy atom. The summed E-state index contributed by atoms with van der Waals surface area (Å²) in [7, 11) is -3.47. The van der Waals surface area contributed by atoms with Gasteiger partial charge >= 0.3 is 12.0 Å². The molecule has 19 nitrogen and oxygen atoms in total. The maximum absolute atomic E-state index is 11.6. The number of thiazole rings is 3. The number of aliphatic hydroxyl groups is 1. The van der Waals surface area contributed by atoms with E-state index < -0.39 is 9.84 Å². The van der Waals surface area contributed by atoms with Gasteiger partial charge in [-0.05, 0) is 159 Å². The minimum atomic E-state index is -3.47. The van der Waals surface area contributed by atoms with Gasteiger partial charge in [0.2, 0.25) is 20.9 Å². The van der Waals surface area contributed by atoms with E-state index in [1.807, 2.05) is 104 Å². The Hall–Kier alpha value is -6.44. The second kappa shape index (κ2) is 37.0. The molecular formula is C57H62BrCl3F5N13O6S4. The first-order valence-corrected chi connectivity index (χ1v) is 32.8. The summed E-state index contributed by atoms with van der Waals surface area (Å²) in [5.41, 5.74) is 9.47. The fraction of sp³-hybridized carbons (Fsp3) is 0.351. The molecule has 0 aromatic carbocycles. The smallest absolute Gasteiger partial charge is 0.318 e. The number of hydrogen-bond donors (Lipinski definition) is 1. The van der Waals surface area contributed by atoms with Crippen LogP contribution >= 0.6 is 84.7 Å². The van der Waals surface area contributed by atoms with Crippen molar-refractivity contribution in [2.45, 2.75) is 106 Å². The van der Waals surface area contributed by atoms with Gasteiger partial charge in [0.1, 0.15) is 39.9 Å². The minimum absolute atomic E-state index is 0. The molecule has 0 aliphatic rings. The fourth-order valence-corrected chi connectivity index (χ4v) is 12.3. The van der Waals surface area contributed by atoms with Gasteiger partial charge in [-0.2, -0.15) is 24.9 Å². The Morgan fingerprint density at radius 3 is 1.30 bits per heavy atom. The first-order valence-electron chi connectivity index (χ1n) is 26.5. The molecule has 478 valence electrons. The van der Waals surface area contributed by atoms with Gasteiger partial charge in [-0.3, -0.25) is 4.70 Å². The van der Waals surface area contributed by atoms with Crippen LogP contribution in [-0.2, 0) is 48.4 Å². The second-order valence-corrected chi connectivity index (χ2v) is 26.4. The summed E-state index contributed by atoms with van der Waals surface area (Å²) in [4.78, 5) is 59.1. The van der Waals surface area contributed by atoms with E-state index in [2.05, 4.69) is 80.7 Å². The van der Waals surface area contributed by atoms with Crippen molar-refractivity contribution in [1.82, 2.24) is 64.8 Å². The molecule has 10 rings (SSSR count). The van der Waals surface area contributed by atoms with Crippen molar-refractivity contribution in [3.05, 3.63) is 161 Å². The van der Waals surface area contributed by atoms with Crippen LogP contribution in [0.5, 0.6) is 17.9 Å². The Labute approximate surface area is 546 Å². The van der Waals surface area contributed by atoms with E-state index in [0.29, 0.717) is 40.6 Å². The molecule has 0 amide bonds. The number of rotatable bonds is 18. The maximum Gasteiger partial charge on any atom is 0.318 e. The molecule has 0 fully saturated rings. The Bertz CT molecular complexity index is 4030. The number of aryl methyl sites for hydroxylation is 12. The van der Waals surface area contributed by atoms with Crippen LogP contribution in [-0.4, -0.2) is 111 Å². The molecule has 0 saturated heterocycles. The summed E-state index contributed by atoms with van der Waals surface area (Å²) < 4.78 is 72.6. The molecule has 32 heteroatoms. The zero-order chi connectivity index (χ0) is 64.7. The third-order valence-electron chi connectivity index (χ3n) is 12.4. The van der Waals surface area contributed by atoms with Gasteiger partial charge in [0, 0.05) is 90.8 Å². The van der Waals surface area contributed by atoms with Crippen molar-refractivity contribution in [2.75, 3.05) is 32.7 Å². The molecule has 10 aromatic rings. The molecule has 1 N–H and O–H groups in total. The minimum Gasteiger partial charge on any atom is -0.474 e. The van der Waals surface area contributed by atoms with Gasteiger partial charge in [-0.25, -0.2) is 48.3 Å². The van der Waals surface area contributed by atoms with E-state index in [4.69, 9.17) is 72.4 Å². The largest absolute Gasteiger partial charge is 0.474 e. The number of fused-ring (bicyclic) bond motifs is 2. The van der Waals surface area contributed by atoms with Gasteiger partial charge in [0.25, 0.3) is 0 Å². The van der Waals surface area contributed by atoms with Crippen LogP contribution in [0.2, 0.25) is 15.5 Å². The lowest BCUT2D eigenvalue weighted by molar-refractivity contribution is 0.108. The number of aromatic nitrogens is 13. The topological polar surface area (TPSA) is 250 Å². The average Bonchev–Trinajstić information content (AvgIpc) is 4.15. The number of halogens is 9. The number of ether oxygens (including phenoxy) is 3. The van der Waals surface area contributed by atoms with Crippen LogP contribution in [0.15, 0.2) is 70.7 Å². The average molecular weight is 1430 g/mol. The van der Waals surface area contributed by atoms with Crippen LogP contribution in [0.25, 0.3) is 22.1 Å². The highest BCUT2D eigenvalue weighted by Crippen LogP contribution is 2.27. The summed E-state index contributed by atoms with van der Waals surface area (Å²) >= 11 is 26.8. The summed E-state index contributed by atoms with van der Waals surface area (Å²) in [5.74, 6) is 0.494. The lowest BCUT2D eigenvalue weighted by atomic mass is 10.1. The molecule has 0 unspecified atom stereocenters. The van der Waals surface area contributed by atoms with Gasteiger partial charge in [0.05, 0.1) is 50.1 Å². The van der Waals surface area contributed by atoms with E-state index in [-0.39, 0.29) is 46.9 Å². The Kier molecular flexibility index (Phi) is 31.2. The predicted molar refractivity (Wildman–Crippen MR) is 343 cm³/mol. The third-order valence-corrected chi connectivity index (χ3v) is 18.1. The summed E-state index contributed by atoms with van der Waals surface area (Å²) in [6.07, 6.45) is 9.11. The SMILES string of the molecule is Brc1ccc2cccnc2n1.Cc1nc(C)c(CCc2nc(OCCO)nc(Cl)c2C)s1.Cc1nc(C)c(CCc2nc(OCCOc3ccc4cccnc4n3)nc(Cl)c2C)s1.Cc1nc(C)c(CCc2nc(S(C)(=O)=O)nc(Cl)c2C)s1.F.FF.FF. The maximum atomic E-state index is 11.6. The first-order chi connectivity index (χ1) is 42.0. The zero-order valence-corrected chi connectivity index (χ0v) is 56.8. The molecule has 0 atom stereocenters. The van der Waals surface area contributed by atoms with Crippen LogP contribution in [0.1, 0.15) is 80.5 Å². The molecule has 10 heterocycles. The summed E-state index contributed by atoms with van der Waals surface area (Å²) in [6.45, 7) is 18.3. The number of hydrogen-bond acceptors (Lipinski definition) is 22. The van der Waals surface area contributed by atoms with E-state index in [9.17, 15) is 8.42 Å². The quantitative estimate of drug-likeness (QED) is 0.0276. The number of nitrogens with zero attached hydrogens (tertiary/aromatic N) is 13. The number of pyridine rings is 4. The normalized spacial score (nSPS) is 10.6. The van der Waals surface area contributed by atoms with Crippen molar-refractivity contribution in [2.24, 2.45) is 0 Å². The lowest BCUT2D eigenvalue weighted by Crippen LogP contribution is -2.12. The summed E-state index contributed by atoms with van der Waals surface area (Å²) in [5, 5.41) is 14.8. The highest BCUT2D eigenvalue weighted by atomic mass is 79.9.